The number of nitrogens with one attached hydrogen (secondary N) is 1. The molecule has 33 heavy (non-hydrogen) atoms. The smallest absolute Gasteiger partial charge is 0.249 e. The van der Waals surface area contributed by atoms with E-state index in [0.29, 0.717) is 33.6 Å². The summed E-state index contributed by atoms with van der Waals surface area (Å²) in [6.45, 7) is 2.88. The molecule has 2 unspecified atom stereocenters. The molecule has 1 aromatic heterocycles. The Bertz CT molecular complexity index is 1180. The predicted octanol–water partition coefficient (Wildman–Crippen LogP) is 4.79. The van der Waals surface area contributed by atoms with Crippen molar-refractivity contribution >= 4 is 29.1 Å². The fourth-order valence-corrected chi connectivity index (χ4v) is 4.24. The lowest BCUT2D eigenvalue weighted by molar-refractivity contribution is -0.130. The summed E-state index contributed by atoms with van der Waals surface area (Å²) in [5.74, 6) is -0.224. The van der Waals surface area contributed by atoms with Crippen molar-refractivity contribution in [1.82, 2.24) is 10.3 Å². The summed E-state index contributed by atoms with van der Waals surface area (Å²) in [6, 6.07) is 16.1. The van der Waals surface area contributed by atoms with Gasteiger partial charge in [-0.05, 0) is 43.7 Å². The molecule has 1 aliphatic rings. The summed E-state index contributed by atoms with van der Waals surface area (Å²) >= 11 is 12.6. The number of aromatic nitrogens is 1. The van der Waals surface area contributed by atoms with E-state index in [1.165, 1.54) is 6.92 Å². The first-order valence-corrected chi connectivity index (χ1v) is 11.3. The molecule has 2 heterocycles. The summed E-state index contributed by atoms with van der Waals surface area (Å²) in [4.78, 5) is 17.2. The molecule has 3 N–H and O–H groups in total. The molecule has 8 heteroatoms. The maximum absolute atomic E-state index is 12.3. The highest BCUT2D eigenvalue weighted by atomic mass is 35.5. The number of amides is 1. The first-order chi connectivity index (χ1) is 15.7. The summed E-state index contributed by atoms with van der Waals surface area (Å²) in [6.07, 6.45) is -0.870. The molecule has 0 fully saturated rings. The standard InChI is InChI=1S/C25H24Cl2N2O4/c1-14(31)23(32)28-21-12-25(2,13-30)33-24-19(21)11-18(15-7-9-16(26)10-8-15)22(29-24)17-5-3-4-6-20(17)27/h3-11,14,21,30-31H,12-13H2,1-2H3,(H,28,32)/t14-,21?,25?/m0/s1. The van der Waals surface area contributed by atoms with Crippen LogP contribution in [-0.2, 0) is 4.79 Å². The zero-order chi connectivity index (χ0) is 23.8. The van der Waals surface area contributed by atoms with Gasteiger partial charge in [-0.15, -0.1) is 0 Å². The van der Waals surface area contributed by atoms with Gasteiger partial charge >= 0.3 is 0 Å². The van der Waals surface area contributed by atoms with Crippen LogP contribution in [0.15, 0.2) is 54.6 Å². The molecule has 172 valence electrons. The molecule has 3 atom stereocenters. The summed E-state index contributed by atoms with van der Waals surface area (Å²) in [7, 11) is 0. The van der Waals surface area contributed by atoms with E-state index < -0.39 is 23.7 Å². The second-order valence-corrected chi connectivity index (χ2v) is 9.26. The second kappa shape index (κ2) is 9.31. The van der Waals surface area contributed by atoms with Crippen molar-refractivity contribution in [2.24, 2.45) is 0 Å². The van der Waals surface area contributed by atoms with Crippen LogP contribution in [0.1, 0.15) is 31.9 Å². The molecule has 1 aliphatic heterocycles. The van der Waals surface area contributed by atoms with Gasteiger partial charge in [0, 0.05) is 33.2 Å². The van der Waals surface area contributed by atoms with Crippen LogP contribution in [0.2, 0.25) is 10.0 Å². The van der Waals surface area contributed by atoms with Crippen molar-refractivity contribution in [3.05, 3.63) is 70.2 Å². The molecule has 0 saturated heterocycles. The molecule has 1 amide bonds. The first-order valence-electron chi connectivity index (χ1n) is 10.5. The van der Waals surface area contributed by atoms with Crippen molar-refractivity contribution in [2.45, 2.75) is 38.0 Å². The molecule has 3 aromatic rings. The minimum atomic E-state index is -1.18. The second-order valence-electron chi connectivity index (χ2n) is 8.42. The molecule has 0 aliphatic carbocycles. The Hall–Kier alpha value is -2.64. The third kappa shape index (κ3) is 4.84. The Morgan fingerprint density at radius 2 is 1.91 bits per heavy atom. The van der Waals surface area contributed by atoms with Crippen LogP contribution >= 0.6 is 23.2 Å². The zero-order valence-electron chi connectivity index (χ0n) is 18.2. The molecular weight excluding hydrogens is 463 g/mol. The zero-order valence-corrected chi connectivity index (χ0v) is 19.7. The number of rotatable bonds is 5. The number of hydrogen-bond donors (Lipinski definition) is 3. The average molecular weight is 487 g/mol. The highest BCUT2D eigenvalue weighted by Crippen LogP contribution is 2.44. The summed E-state index contributed by atoms with van der Waals surface area (Å²) in [5, 5.41) is 23.7. The van der Waals surface area contributed by atoms with Gasteiger partial charge in [0.2, 0.25) is 11.8 Å². The number of pyridine rings is 1. The van der Waals surface area contributed by atoms with Gasteiger partial charge in [-0.25, -0.2) is 4.98 Å². The SMILES string of the molecule is C[C@H](O)C(=O)NC1CC(C)(CO)Oc2nc(-c3ccccc3Cl)c(-c3ccc(Cl)cc3)cc21. The van der Waals surface area contributed by atoms with Crippen LogP contribution in [-0.4, -0.2) is 39.4 Å². The number of hydrogen-bond acceptors (Lipinski definition) is 5. The third-order valence-corrected chi connectivity index (χ3v) is 6.27. The van der Waals surface area contributed by atoms with Gasteiger partial charge in [-0.3, -0.25) is 4.79 Å². The highest BCUT2D eigenvalue weighted by molar-refractivity contribution is 6.33. The van der Waals surface area contributed by atoms with Gasteiger partial charge in [0.1, 0.15) is 11.7 Å². The largest absolute Gasteiger partial charge is 0.469 e. The van der Waals surface area contributed by atoms with Gasteiger partial charge in [0.15, 0.2) is 0 Å². The number of carbonyl (C=O) groups excluding carboxylic acids is 1. The van der Waals surface area contributed by atoms with E-state index >= 15 is 0 Å². The quantitative estimate of drug-likeness (QED) is 0.481. The van der Waals surface area contributed by atoms with E-state index in [1.54, 1.807) is 25.1 Å². The van der Waals surface area contributed by atoms with Crippen LogP contribution in [0.25, 0.3) is 22.4 Å². The minimum Gasteiger partial charge on any atom is -0.469 e. The lowest BCUT2D eigenvalue weighted by atomic mass is 9.87. The maximum atomic E-state index is 12.3. The Morgan fingerprint density at radius 1 is 1.21 bits per heavy atom. The van der Waals surface area contributed by atoms with Crippen molar-refractivity contribution < 1.29 is 19.7 Å². The van der Waals surface area contributed by atoms with Crippen molar-refractivity contribution in [3.63, 3.8) is 0 Å². The monoisotopic (exact) mass is 486 g/mol. The van der Waals surface area contributed by atoms with E-state index in [1.807, 2.05) is 36.4 Å². The Labute approximate surface area is 202 Å². The molecule has 2 aromatic carbocycles. The van der Waals surface area contributed by atoms with Crippen LogP contribution in [0, 0.1) is 0 Å². The number of benzene rings is 2. The molecule has 0 bridgehead atoms. The van der Waals surface area contributed by atoms with E-state index in [-0.39, 0.29) is 6.61 Å². The van der Waals surface area contributed by atoms with E-state index in [9.17, 15) is 15.0 Å². The summed E-state index contributed by atoms with van der Waals surface area (Å²) in [5.41, 5.74) is 2.65. The number of fused-ring (bicyclic) bond motifs is 1. The van der Waals surface area contributed by atoms with Gasteiger partial charge < -0.3 is 20.3 Å². The van der Waals surface area contributed by atoms with Gasteiger partial charge in [-0.2, -0.15) is 0 Å². The lowest BCUT2D eigenvalue weighted by Crippen LogP contribution is -2.47. The van der Waals surface area contributed by atoms with E-state index in [4.69, 9.17) is 32.9 Å². The number of halogens is 2. The van der Waals surface area contributed by atoms with Crippen molar-refractivity contribution in [3.8, 4) is 28.3 Å². The molecular formula is C25H24Cl2N2O4. The normalized spacial score (nSPS) is 20.5. The van der Waals surface area contributed by atoms with Crippen LogP contribution in [0.5, 0.6) is 5.88 Å². The van der Waals surface area contributed by atoms with Gasteiger partial charge in [0.25, 0.3) is 0 Å². The number of aliphatic hydroxyl groups is 2. The average Bonchev–Trinajstić information content (AvgIpc) is 2.79. The predicted molar refractivity (Wildman–Crippen MR) is 128 cm³/mol. The number of aliphatic hydroxyl groups excluding tert-OH is 2. The number of carbonyl (C=O) groups is 1. The molecule has 4 rings (SSSR count). The van der Waals surface area contributed by atoms with Crippen LogP contribution in [0.4, 0.5) is 0 Å². The first kappa shape index (κ1) is 23.5. The number of nitrogens with zero attached hydrogens (tertiary/aromatic N) is 1. The van der Waals surface area contributed by atoms with E-state index in [0.717, 1.165) is 16.7 Å². The number of ether oxygens (including phenoxy) is 1. The van der Waals surface area contributed by atoms with E-state index in [2.05, 4.69) is 5.32 Å². The van der Waals surface area contributed by atoms with Crippen LogP contribution in [0.3, 0.4) is 0 Å². The van der Waals surface area contributed by atoms with Crippen LogP contribution < -0.4 is 10.1 Å². The third-order valence-electron chi connectivity index (χ3n) is 5.68. The van der Waals surface area contributed by atoms with Crippen molar-refractivity contribution in [2.75, 3.05) is 6.61 Å². The van der Waals surface area contributed by atoms with Gasteiger partial charge in [-0.1, -0.05) is 53.5 Å². The molecule has 0 radical (unpaired) electrons. The molecule has 6 nitrogen and oxygen atoms in total. The minimum absolute atomic E-state index is 0.268. The Morgan fingerprint density at radius 3 is 2.55 bits per heavy atom. The van der Waals surface area contributed by atoms with Crippen molar-refractivity contribution in [1.29, 1.82) is 0 Å². The van der Waals surface area contributed by atoms with Gasteiger partial charge in [0.05, 0.1) is 18.3 Å². The highest BCUT2D eigenvalue weighted by Gasteiger charge is 2.39. The lowest BCUT2D eigenvalue weighted by Gasteiger charge is -2.39. The molecule has 0 saturated carbocycles. The molecule has 0 spiro atoms. The Balaban J connectivity index is 1.94. The fourth-order valence-electron chi connectivity index (χ4n) is 3.89. The topological polar surface area (TPSA) is 91.7 Å². The summed E-state index contributed by atoms with van der Waals surface area (Å²) < 4.78 is 6.11. The maximum Gasteiger partial charge on any atom is 0.249 e. The fraction of sp³-hybridized carbons (Fsp3) is 0.280. The Kier molecular flexibility index (Phi) is 6.64.